The molecule has 0 radical (unpaired) electrons. The van der Waals surface area contributed by atoms with E-state index in [0.29, 0.717) is 17.7 Å². The number of nitrogens with zero attached hydrogens (tertiary/aromatic N) is 1. The highest BCUT2D eigenvalue weighted by molar-refractivity contribution is 5.86. The number of aliphatic hydroxyl groups is 1. The predicted molar refractivity (Wildman–Crippen MR) is 77.8 cm³/mol. The van der Waals surface area contributed by atoms with Crippen molar-refractivity contribution in [2.24, 2.45) is 0 Å². The Morgan fingerprint density at radius 1 is 1.33 bits per heavy atom. The zero-order valence-electron chi connectivity index (χ0n) is 11.9. The standard InChI is InChI=1S/C15H19NO5/c1-11(2)15(20)21-10-6-9-16(13(17)14(18)19)12-7-4-3-5-8-12/h3-5,7-8,13,17H,1,6,9-10H2,2H3,(H,18,19)/t13-/m0/s1. The van der Waals surface area contributed by atoms with Gasteiger partial charge in [0.1, 0.15) is 0 Å². The van der Waals surface area contributed by atoms with Crippen LogP contribution in [0.2, 0.25) is 0 Å². The average Bonchev–Trinajstić information content (AvgIpc) is 2.47. The minimum Gasteiger partial charge on any atom is -0.478 e. The van der Waals surface area contributed by atoms with Crippen LogP contribution in [0.15, 0.2) is 42.5 Å². The fourth-order valence-corrected chi connectivity index (χ4v) is 1.67. The summed E-state index contributed by atoms with van der Waals surface area (Å²) in [5, 5.41) is 18.7. The van der Waals surface area contributed by atoms with Crippen molar-refractivity contribution in [1.29, 1.82) is 0 Å². The lowest BCUT2D eigenvalue weighted by Crippen LogP contribution is -2.42. The number of carbonyl (C=O) groups is 2. The summed E-state index contributed by atoms with van der Waals surface area (Å²) in [5.41, 5.74) is 0.888. The van der Waals surface area contributed by atoms with Crippen LogP contribution in [0.25, 0.3) is 0 Å². The lowest BCUT2D eigenvalue weighted by molar-refractivity contribution is -0.146. The number of carboxylic acid groups (broad SMARTS) is 1. The first-order chi connectivity index (χ1) is 9.93. The van der Waals surface area contributed by atoms with Gasteiger partial charge in [0, 0.05) is 17.8 Å². The molecule has 1 rings (SSSR count). The summed E-state index contributed by atoms with van der Waals surface area (Å²) in [4.78, 5) is 23.5. The summed E-state index contributed by atoms with van der Waals surface area (Å²) in [6, 6.07) is 8.69. The van der Waals surface area contributed by atoms with Crippen LogP contribution in [0.1, 0.15) is 13.3 Å². The highest BCUT2D eigenvalue weighted by Crippen LogP contribution is 2.16. The van der Waals surface area contributed by atoms with Crippen molar-refractivity contribution in [1.82, 2.24) is 0 Å². The SMILES string of the molecule is C=C(C)C(=O)OCCCN(c1ccccc1)[C@@H](O)C(=O)O. The molecule has 6 heteroatoms. The number of aliphatic carboxylic acids is 1. The number of hydrogen-bond donors (Lipinski definition) is 2. The second kappa shape index (κ2) is 8.06. The van der Waals surface area contributed by atoms with Gasteiger partial charge in [0.15, 0.2) is 0 Å². The molecule has 6 nitrogen and oxygen atoms in total. The average molecular weight is 293 g/mol. The van der Waals surface area contributed by atoms with Crippen molar-refractivity contribution in [3.8, 4) is 0 Å². The number of esters is 1. The largest absolute Gasteiger partial charge is 0.478 e. The van der Waals surface area contributed by atoms with Crippen molar-refractivity contribution in [2.75, 3.05) is 18.1 Å². The number of benzene rings is 1. The van der Waals surface area contributed by atoms with Gasteiger partial charge in [-0.2, -0.15) is 0 Å². The van der Waals surface area contributed by atoms with Crippen molar-refractivity contribution in [3.05, 3.63) is 42.5 Å². The third-order valence-corrected chi connectivity index (χ3v) is 2.73. The molecule has 0 aliphatic rings. The van der Waals surface area contributed by atoms with Crippen molar-refractivity contribution in [2.45, 2.75) is 19.6 Å². The maximum Gasteiger partial charge on any atom is 0.354 e. The zero-order valence-corrected chi connectivity index (χ0v) is 11.9. The van der Waals surface area contributed by atoms with E-state index in [0.717, 1.165) is 0 Å². The number of para-hydroxylation sites is 1. The number of carboxylic acids is 1. The summed E-state index contributed by atoms with van der Waals surface area (Å²) >= 11 is 0. The number of carbonyl (C=O) groups excluding carboxylic acids is 1. The van der Waals surface area contributed by atoms with Crippen LogP contribution in [-0.4, -0.2) is 41.5 Å². The number of anilines is 1. The molecule has 0 aliphatic carbocycles. The summed E-state index contributed by atoms with van der Waals surface area (Å²) < 4.78 is 4.94. The first kappa shape index (κ1) is 16.7. The van der Waals surface area contributed by atoms with Gasteiger partial charge in [-0.05, 0) is 25.5 Å². The summed E-state index contributed by atoms with van der Waals surface area (Å²) in [6.45, 7) is 5.38. The maximum absolute atomic E-state index is 11.2. The smallest absolute Gasteiger partial charge is 0.354 e. The Bertz CT molecular complexity index is 500. The normalized spacial score (nSPS) is 11.5. The Morgan fingerprint density at radius 2 is 1.95 bits per heavy atom. The Morgan fingerprint density at radius 3 is 2.48 bits per heavy atom. The van der Waals surface area contributed by atoms with Crippen LogP contribution in [0.4, 0.5) is 5.69 Å². The summed E-state index contributed by atoms with van der Waals surface area (Å²) in [6.07, 6.45) is -1.26. The number of hydrogen-bond acceptors (Lipinski definition) is 5. The lowest BCUT2D eigenvalue weighted by Gasteiger charge is -2.27. The molecule has 0 saturated heterocycles. The molecular formula is C15H19NO5. The quantitative estimate of drug-likeness (QED) is 0.326. The van der Waals surface area contributed by atoms with Crippen LogP contribution in [-0.2, 0) is 14.3 Å². The maximum atomic E-state index is 11.2. The van der Waals surface area contributed by atoms with E-state index in [4.69, 9.17) is 9.84 Å². The van der Waals surface area contributed by atoms with E-state index in [2.05, 4.69) is 6.58 Å². The van der Waals surface area contributed by atoms with E-state index in [-0.39, 0.29) is 13.2 Å². The minimum absolute atomic E-state index is 0.126. The molecule has 0 spiro atoms. The zero-order chi connectivity index (χ0) is 15.8. The van der Waals surface area contributed by atoms with Crippen molar-refractivity contribution < 1.29 is 24.5 Å². The van der Waals surface area contributed by atoms with E-state index in [1.165, 1.54) is 4.90 Å². The molecule has 0 bridgehead atoms. The molecule has 0 unspecified atom stereocenters. The topological polar surface area (TPSA) is 87.1 Å². The molecule has 0 aromatic heterocycles. The Balaban J connectivity index is 2.61. The van der Waals surface area contributed by atoms with Crippen LogP contribution in [0, 0.1) is 0 Å². The first-order valence-corrected chi connectivity index (χ1v) is 6.48. The van der Waals surface area contributed by atoms with Gasteiger partial charge in [0.05, 0.1) is 6.61 Å². The first-order valence-electron chi connectivity index (χ1n) is 6.48. The number of rotatable bonds is 8. The van der Waals surface area contributed by atoms with Crippen LogP contribution < -0.4 is 4.90 Å². The third-order valence-electron chi connectivity index (χ3n) is 2.73. The highest BCUT2D eigenvalue weighted by atomic mass is 16.5. The fraction of sp³-hybridized carbons (Fsp3) is 0.333. The van der Waals surface area contributed by atoms with Crippen LogP contribution in [0.3, 0.4) is 0 Å². The molecule has 0 aliphatic heterocycles. The van der Waals surface area contributed by atoms with E-state index < -0.39 is 18.2 Å². The van der Waals surface area contributed by atoms with Crippen LogP contribution >= 0.6 is 0 Å². The minimum atomic E-state index is -1.65. The predicted octanol–water partition coefficient (Wildman–Crippen LogP) is 1.41. The molecule has 0 fully saturated rings. The number of ether oxygens (including phenoxy) is 1. The van der Waals surface area contributed by atoms with Crippen molar-refractivity contribution in [3.63, 3.8) is 0 Å². The van der Waals surface area contributed by atoms with Gasteiger partial charge in [-0.25, -0.2) is 9.59 Å². The van der Waals surface area contributed by atoms with Gasteiger partial charge < -0.3 is 19.8 Å². The molecule has 21 heavy (non-hydrogen) atoms. The van der Waals surface area contributed by atoms with Gasteiger partial charge in [-0.15, -0.1) is 0 Å². The number of aliphatic hydroxyl groups excluding tert-OH is 1. The second-order valence-corrected chi connectivity index (χ2v) is 4.51. The van der Waals surface area contributed by atoms with E-state index in [1.54, 1.807) is 37.3 Å². The molecule has 1 aromatic rings. The molecule has 0 heterocycles. The van der Waals surface area contributed by atoms with Crippen molar-refractivity contribution >= 4 is 17.6 Å². The van der Waals surface area contributed by atoms with Gasteiger partial charge in [-0.1, -0.05) is 24.8 Å². The summed E-state index contributed by atoms with van der Waals surface area (Å²) in [5.74, 6) is -1.82. The molecule has 2 N–H and O–H groups in total. The van der Waals surface area contributed by atoms with Gasteiger partial charge in [0.2, 0.25) is 6.23 Å². The Labute approximate surface area is 123 Å². The highest BCUT2D eigenvalue weighted by Gasteiger charge is 2.22. The van der Waals surface area contributed by atoms with Gasteiger partial charge >= 0.3 is 11.9 Å². The Kier molecular flexibility index (Phi) is 6.42. The van der Waals surface area contributed by atoms with E-state index in [1.807, 2.05) is 0 Å². The fourth-order valence-electron chi connectivity index (χ4n) is 1.67. The third kappa shape index (κ3) is 5.27. The molecule has 0 saturated carbocycles. The Hall–Kier alpha value is -2.34. The monoisotopic (exact) mass is 293 g/mol. The molecular weight excluding hydrogens is 274 g/mol. The van der Waals surface area contributed by atoms with Gasteiger partial charge in [0.25, 0.3) is 0 Å². The summed E-state index contributed by atoms with van der Waals surface area (Å²) in [7, 11) is 0. The molecule has 0 amide bonds. The van der Waals surface area contributed by atoms with E-state index in [9.17, 15) is 14.7 Å². The van der Waals surface area contributed by atoms with Gasteiger partial charge in [-0.3, -0.25) is 0 Å². The van der Waals surface area contributed by atoms with Crippen LogP contribution in [0.5, 0.6) is 0 Å². The lowest BCUT2D eigenvalue weighted by atomic mass is 10.2. The molecule has 1 atom stereocenters. The molecule has 1 aromatic carbocycles. The van der Waals surface area contributed by atoms with E-state index >= 15 is 0 Å². The molecule has 114 valence electrons. The second-order valence-electron chi connectivity index (χ2n) is 4.51.